The summed E-state index contributed by atoms with van der Waals surface area (Å²) < 4.78 is 5.79. The second-order valence-electron chi connectivity index (χ2n) is 6.15. The molecule has 1 N–H and O–H groups in total. The van der Waals surface area contributed by atoms with Crippen LogP contribution in [0.1, 0.15) is 62.7 Å². The van der Waals surface area contributed by atoms with Gasteiger partial charge in [0.1, 0.15) is 5.82 Å². The summed E-state index contributed by atoms with van der Waals surface area (Å²) in [5.41, 5.74) is 2.75. The van der Waals surface area contributed by atoms with Gasteiger partial charge in [0, 0.05) is 18.7 Å². The SMILES string of the molecule is CCC1CCc2nc(CCC3CCCCO3)[nH]c2C1. The molecule has 1 aromatic rings. The van der Waals surface area contributed by atoms with Gasteiger partial charge in [0.25, 0.3) is 0 Å². The lowest BCUT2D eigenvalue weighted by Crippen LogP contribution is -2.19. The first kappa shape index (κ1) is 13.2. The number of aryl methyl sites for hydroxylation is 2. The van der Waals surface area contributed by atoms with Crippen LogP contribution in [-0.2, 0) is 24.0 Å². The van der Waals surface area contributed by atoms with E-state index in [1.54, 1.807) is 0 Å². The van der Waals surface area contributed by atoms with Crippen molar-refractivity contribution in [3.05, 3.63) is 17.2 Å². The maximum absolute atomic E-state index is 5.79. The summed E-state index contributed by atoms with van der Waals surface area (Å²) >= 11 is 0. The largest absolute Gasteiger partial charge is 0.378 e. The Balaban J connectivity index is 1.55. The van der Waals surface area contributed by atoms with E-state index >= 15 is 0 Å². The third-order valence-corrected chi connectivity index (χ3v) is 4.75. The van der Waals surface area contributed by atoms with E-state index in [1.807, 2.05) is 0 Å². The van der Waals surface area contributed by atoms with Crippen LogP contribution in [0.25, 0.3) is 0 Å². The second-order valence-corrected chi connectivity index (χ2v) is 6.15. The third kappa shape index (κ3) is 3.19. The Hall–Kier alpha value is -0.830. The molecule has 2 aliphatic rings. The van der Waals surface area contributed by atoms with Crippen LogP contribution in [0.4, 0.5) is 0 Å². The predicted molar refractivity (Wildman–Crippen MR) is 76.3 cm³/mol. The molecule has 19 heavy (non-hydrogen) atoms. The Kier molecular flexibility index (Phi) is 4.21. The summed E-state index contributed by atoms with van der Waals surface area (Å²) in [4.78, 5) is 8.36. The van der Waals surface area contributed by atoms with E-state index in [0.29, 0.717) is 6.10 Å². The van der Waals surface area contributed by atoms with E-state index in [0.717, 1.165) is 25.4 Å². The monoisotopic (exact) mass is 262 g/mol. The Morgan fingerprint density at radius 2 is 2.26 bits per heavy atom. The maximum atomic E-state index is 5.79. The quantitative estimate of drug-likeness (QED) is 0.902. The van der Waals surface area contributed by atoms with E-state index in [-0.39, 0.29) is 0 Å². The number of imidazole rings is 1. The number of ether oxygens (including phenoxy) is 1. The van der Waals surface area contributed by atoms with E-state index in [1.165, 1.54) is 62.2 Å². The first-order valence-corrected chi connectivity index (χ1v) is 8.03. The van der Waals surface area contributed by atoms with Crippen LogP contribution in [0.15, 0.2) is 0 Å². The molecule has 0 aromatic carbocycles. The van der Waals surface area contributed by atoms with Crippen molar-refractivity contribution in [3.8, 4) is 0 Å². The first-order valence-electron chi connectivity index (χ1n) is 8.03. The number of rotatable bonds is 4. The molecule has 0 spiro atoms. The van der Waals surface area contributed by atoms with Crippen LogP contribution in [0, 0.1) is 5.92 Å². The standard InChI is InChI=1S/C16H26N2O/c1-2-12-6-8-14-15(11-12)18-16(17-14)9-7-13-5-3-4-10-19-13/h12-13H,2-11H2,1H3,(H,17,18). The highest BCUT2D eigenvalue weighted by Gasteiger charge is 2.21. The highest BCUT2D eigenvalue weighted by atomic mass is 16.5. The average Bonchev–Trinajstić information content (AvgIpc) is 2.88. The molecule has 0 amide bonds. The summed E-state index contributed by atoms with van der Waals surface area (Å²) in [7, 11) is 0. The predicted octanol–water partition coefficient (Wildman–Crippen LogP) is 3.43. The van der Waals surface area contributed by atoms with Crippen LogP contribution in [0.2, 0.25) is 0 Å². The Morgan fingerprint density at radius 1 is 1.32 bits per heavy atom. The van der Waals surface area contributed by atoms with Crippen molar-refractivity contribution in [1.82, 2.24) is 9.97 Å². The number of nitrogens with one attached hydrogen (secondary N) is 1. The number of hydrogen-bond donors (Lipinski definition) is 1. The number of nitrogens with zero attached hydrogens (tertiary/aromatic N) is 1. The van der Waals surface area contributed by atoms with Crippen molar-refractivity contribution in [2.75, 3.05) is 6.61 Å². The van der Waals surface area contributed by atoms with Crippen LogP contribution in [0.5, 0.6) is 0 Å². The van der Waals surface area contributed by atoms with Gasteiger partial charge in [-0.25, -0.2) is 4.98 Å². The smallest absolute Gasteiger partial charge is 0.106 e. The second kappa shape index (κ2) is 6.08. The normalized spacial score (nSPS) is 27.2. The van der Waals surface area contributed by atoms with Crippen LogP contribution < -0.4 is 0 Å². The van der Waals surface area contributed by atoms with E-state index in [9.17, 15) is 0 Å². The molecular formula is C16H26N2O. The summed E-state index contributed by atoms with van der Waals surface area (Å²) in [5.74, 6) is 2.05. The topological polar surface area (TPSA) is 37.9 Å². The molecule has 3 rings (SSSR count). The maximum Gasteiger partial charge on any atom is 0.106 e. The van der Waals surface area contributed by atoms with Crippen molar-refractivity contribution in [2.24, 2.45) is 5.92 Å². The van der Waals surface area contributed by atoms with Crippen molar-refractivity contribution in [2.45, 2.75) is 70.8 Å². The van der Waals surface area contributed by atoms with Gasteiger partial charge in [0.2, 0.25) is 0 Å². The Bertz CT molecular complexity index is 407. The zero-order valence-corrected chi connectivity index (χ0v) is 12.1. The zero-order valence-electron chi connectivity index (χ0n) is 12.1. The Morgan fingerprint density at radius 3 is 3.05 bits per heavy atom. The fourth-order valence-corrected chi connectivity index (χ4v) is 3.41. The van der Waals surface area contributed by atoms with Gasteiger partial charge in [0.15, 0.2) is 0 Å². The molecule has 3 nitrogen and oxygen atoms in total. The van der Waals surface area contributed by atoms with E-state index < -0.39 is 0 Å². The highest BCUT2D eigenvalue weighted by Crippen LogP contribution is 2.26. The molecule has 0 bridgehead atoms. The fraction of sp³-hybridized carbons (Fsp3) is 0.812. The minimum absolute atomic E-state index is 0.472. The molecule has 0 saturated carbocycles. The number of aromatic amines is 1. The van der Waals surface area contributed by atoms with Crippen molar-refractivity contribution in [3.63, 3.8) is 0 Å². The molecule has 0 radical (unpaired) electrons. The van der Waals surface area contributed by atoms with Gasteiger partial charge in [0.05, 0.1) is 11.8 Å². The average molecular weight is 262 g/mol. The highest BCUT2D eigenvalue weighted by molar-refractivity contribution is 5.18. The fourth-order valence-electron chi connectivity index (χ4n) is 3.41. The van der Waals surface area contributed by atoms with Crippen LogP contribution >= 0.6 is 0 Å². The summed E-state index contributed by atoms with van der Waals surface area (Å²) in [6, 6.07) is 0. The molecule has 1 aliphatic heterocycles. The molecule has 3 heteroatoms. The summed E-state index contributed by atoms with van der Waals surface area (Å²) in [6.45, 7) is 3.25. The van der Waals surface area contributed by atoms with Crippen molar-refractivity contribution < 1.29 is 4.74 Å². The van der Waals surface area contributed by atoms with E-state index in [2.05, 4.69) is 11.9 Å². The van der Waals surface area contributed by atoms with Crippen LogP contribution in [0.3, 0.4) is 0 Å². The molecule has 2 unspecified atom stereocenters. The first-order chi connectivity index (χ1) is 9.35. The van der Waals surface area contributed by atoms with E-state index in [4.69, 9.17) is 9.72 Å². The molecule has 1 saturated heterocycles. The lowest BCUT2D eigenvalue weighted by atomic mass is 9.88. The zero-order chi connectivity index (χ0) is 13.1. The van der Waals surface area contributed by atoms with Gasteiger partial charge in [-0.2, -0.15) is 0 Å². The van der Waals surface area contributed by atoms with Gasteiger partial charge in [-0.1, -0.05) is 13.3 Å². The molecule has 1 aliphatic carbocycles. The van der Waals surface area contributed by atoms with Gasteiger partial charge >= 0.3 is 0 Å². The van der Waals surface area contributed by atoms with Crippen molar-refractivity contribution in [1.29, 1.82) is 0 Å². The molecular weight excluding hydrogens is 236 g/mol. The van der Waals surface area contributed by atoms with Crippen molar-refractivity contribution >= 4 is 0 Å². The van der Waals surface area contributed by atoms with Gasteiger partial charge in [-0.15, -0.1) is 0 Å². The van der Waals surface area contributed by atoms with Gasteiger partial charge < -0.3 is 9.72 Å². The molecule has 2 atom stereocenters. The molecule has 1 aromatic heterocycles. The minimum atomic E-state index is 0.472. The van der Waals surface area contributed by atoms with Crippen LogP contribution in [-0.4, -0.2) is 22.7 Å². The molecule has 106 valence electrons. The lowest BCUT2D eigenvalue weighted by molar-refractivity contribution is 0.0112. The minimum Gasteiger partial charge on any atom is -0.378 e. The molecule has 1 fully saturated rings. The number of hydrogen-bond acceptors (Lipinski definition) is 2. The number of H-pyrrole nitrogens is 1. The Labute approximate surface area is 116 Å². The summed E-state index contributed by atoms with van der Waals surface area (Å²) in [6.07, 6.45) is 11.4. The summed E-state index contributed by atoms with van der Waals surface area (Å²) in [5, 5.41) is 0. The third-order valence-electron chi connectivity index (χ3n) is 4.75. The lowest BCUT2D eigenvalue weighted by Gasteiger charge is -2.21. The number of aromatic nitrogens is 2. The van der Waals surface area contributed by atoms with Gasteiger partial charge in [-0.3, -0.25) is 0 Å². The molecule has 2 heterocycles. The van der Waals surface area contributed by atoms with Gasteiger partial charge in [-0.05, 0) is 50.9 Å². The number of fused-ring (bicyclic) bond motifs is 1.